The molecular weight excluding hydrogens is 504 g/mol. The van der Waals surface area contributed by atoms with E-state index < -0.39 is 23.5 Å². The lowest BCUT2D eigenvalue weighted by Crippen LogP contribution is -2.50. The van der Waals surface area contributed by atoms with Crippen molar-refractivity contribution in [3.05, 3.63) is 97.1 Å². The van der Waals surface area contributed by atoms with Crippen LogP contribution in [0.25, 0.3) is 0 Å². The lowest BCUT2D eigenvalue weighted by atomic mass is 9.95. The van der Waals surface area contributed by atoms with Gasteiger partial charge in [0.1, 0.15) is 6.10 Å². The Bertz CT molecular complexity index is 1110. The van der Waals surface area contributed by atoms with Crippen molar-refractivity contribution in [2.45, 2.75) is 63.0 Å². The molecule has 1 saturated carbocycles. The first-order chi connectivity index (χ1) is 19.4. The number of carbonyl (C=O) groups is 3. The zero-order valence-corrected chi connectivity index (χ0v) is 23.2. The molecule has 3 rings (SSSR count). The quantitative estimate of drug-likeness (QED) is 0.207. The summed E-state index contributed by atoms with van der Waals surface area (Å²) in [7, 11) is 0. The molecule has 7 heteroatoms. The number of rotatable bonds is 16. The molecule has 0 bridgehead atoms. The van der Waals surface area contributed by atoms with E-state index >= 15 is 0 Å². The summed E-state index contributed by atoms with van der Waals surface area (Å²) in [6.45, 7) is 7.51. The molecule has 0 saturated heterocycles. The molecule has 1 aliphatic carbocycles. The van der Waals surface area contributed by atoms with E-state index in [1.54, 1.807) is 12.2 Å². The number of allylic oxidation sites excluding steroid dienone is 2. The normalized spacial score (nSPS) is 16.2. The summed E-state index contributed by atoms with van der Waals surface area (Å²) in [5.41, 5.74) is 1.19. The summed E-state index contributed by atoms with van der Waals surface area (Å²) in [5, 5.41) is 15.7. The second-order valence-electron chi connectivity index (χ2n) is 10.6. The first kappa shape index (κ1) is 30.8. The van der Waals surface area contributed by atoms with Crippen molar-refractivity contribution < 1.29 is 24.2 Å². The Balaban J connectivity index is 1.66. The standard InChI is InChI=1S/C33H42N2O5/c1-3-13-27(22-30(37)35-33(24-36)19-11-12-20-33)31(38)34-23-29(26-17-9-6-10-18-26)40-32(39)28(14-4-2)21-25-15-7-5-8-16-25/h3-10,15-18,27-29,36H,1-2,11-14,19-24H2,(H,34,38)(H,35,37)/t27-,28-,29-/m1/s1. The minimum Gasteiger partial charge on any atom is -0.455 e. The molecule has 40 heavy (non-hydrogen) atoms. The first-order valence-electron chi connectivity index (χ1n) is 14.1. The van der Waals surface area contributed by atoms with Crippen LogP contribution < -0.4 is 10.6 Å². The van der Waals surface area contributed by atoms with Gasteiger partial charge in [-0.15, -0.1) is 13.2 Å². The Morgan fingerprint density at radius 2 is 1.52 bits per heavy atom. The summed E-state index contributed by atoms with van der Waals surface area (Å²) in [6.07, 6.45) is 7.29. The van der Waals surface area contributed by atoms with E-state index in [9.17, 15) is 19.5 Å². The van der Waals surface area contributed by atoms with Gasteiger partial charge in [0.25, 0.3) is 0 Å². The molecule has 2 amide bonds. The van der Waals surface area contributed by atoms with Gasteiger partial charge >= 0.3 is 5.97 Å². The predicted octanol–water partition coefficient (Wildman–Crippen LogP) is 4.83. The molecule has 3 atom stereocenters. The second-order valence-corrected chi connectivity index (χ2v) is 10.6. The highest BCUT2D eigenvalue weighted by Crippen LogP contribution is 2.29. The molecule has 0 unspecified atom stereocenters. The highest BCUT2D eigenvalue weighted by atomic mass is 16.5. The fraction of sp³-hybridized carbons (Fsp3) is 0.424. The number of esters is 1. The zero-order valence-electron chi connectivity index (χ0n) is 23.2. The number of nitrogens with one attached hydrogen (secondary N) is 2. The van der Waals surface area contributed by atoms with Crippen molar-refractivity contribution in [3.63, 3.8) is 0 Å². The van der Waals surface area contributed by atoms with Gasteiger partial charge in [-0.1, -0.05) is 85.7 Å². The van der Waals surface area contributed by atoms with Gasteiger partial charge in [-0.2, -0.15) is 0 Å². The maximum atomic E-state index is 13.3. The highest BCUT2D eigenvalue weighted by Gasteiger charge is 2.35. The first-order valence-corrected chi connectivity index (χ1v) is 14.1. The van der Waals surface area contributed by atoms with Crippen molar-refractivity contribution in [2.75, 3.05) is 13.2 Å². The van der Waals surface area contributed by atoms with Crippen LogP contribution in [0.2, 0.25) is 0 Å². The average Bonchev–Trinajstić information content (AvgIpc) is 3.44. The third kappa shape index (κ3) is 9.19. The SMILES string of the molecule is C=CC[C@H](CC(=O)NC1(CO)CCCC1)C(=O)NC[C@@H](OC(=O)[C@H](CC=C)Cc1ccccc1)c1ccccc1. The molecule has 0 heterocycles. The smallest absolute Gasteiger partial charge is 0.310 e. The van der Waals surface area contributed by atoms with Gasteiger partial charge in [0, 0.05) is 6.42 Å². The van der Waals surface area contributed by atoms with E-state index in [2.05, 4.69) is 23.8 Å². The predicted molar refractivity (Wildman–Crippen MR) is 156 cm³/mol. The van der Waals surface area contributed by atoms with E-state index in [1.165, 1.54) is 0 Å². The van der Waals surface area contributed by atoms with Crippen molar-refractivity contribution >= 4 is 17.8 Å². The van der Waals surface area contributed by atoms with Crippen LogP contribution in [0.4, 0.5) is 0 Å². The maximum Gasteiger partial charge on any atom is 0.310 e. The fourth-order valence-electron chi connectivity index (χ4n) is 5.26. The lowest BCUT2D eigenvalue weighted by Gasteiger charge is -2.29. The van der Waals surface area contributed by atoms with E-state index in [0.29, 0.717) is 19.3 Å². The molecule has 7 nitrogen and oxygen atoms in total. The van der Waals surface area contributed by atoms with E-state index in [4.69, 9.17) is 4.74 Å². The molecule has 1 fully saturated rings. The maximum absolute atomic E-state index is 13.3. The number of ether oxygens (including phenoxy) is 1. The van der Waals surface area contributed by atoms with Gasteiger partial charge in [-0.3, -0.25) is 14.4 Å². The number of aliphatic hydroxyl groups is 1. The van der Waals surface area contributed by atoms with Crippen molar-refractivity contribution in [1.29, 1.82) is 0 Å². The van der Waals surface area contributed by atoms with Gasteiger partial charge in [-0.05, 0) is 43.2 Å². The average molecular weight is 547 g/mol. The second kappa shape index (κ2) is 15.8. The Kier molecular flexibility index (Phi) is 12.2. The van der Waals surface area contributed by atoms with Gasteiger partial charge in [-0.25, -0.2) is 0 Å². The number of hydrogen-bond acceptors (Lipinski definition) is 5. The summed E-state index contributed by atoms with van der Waals surface area (Å²) >= 11 is 0. The highest BCUT2D eigenvalue weighted by molar-refractivity contribution is 5.86. The van der Waals surface area contributed by atoms with Crippen LogP contribution >= 0.6 is 0 Å². The van der Waals surface area contributed by atoms with Gasteiger partial charge in [0.05, 0.1) is 30.5 Å². The van der Waals surface area contributed by atoms with Crippen LogP contribution in [0.1, 0.15) is 62.2 Å². The van der Waals surface area contributed by atoms with Gasteiger partial charge in [0.15, 0.2) is 0 Å². The van der Waals surface area contributed by atoms with Crippen molar-refractivity contribution in [1.82, 2.24) is 10.6 Å². The van der Waals surface area contributed by atoms with Gasteiger partial charge < -0.3 is 20.5 Å². The third-order valence-corrected chi connectivity index (χ3v) is 7.52. The monoisotopic (exact) mass is 546 g/mol. The molecule has 0 aliphatic heterocycles. The molecule has 2 aromatic carbocycles. The summed E-state index contributed by atoms with van der Waals surface area (Å²) in [6, 6.07) is 19.0. The van der Waals surface area contributed by atoms with Crippen LogP contribution in [-0.4, -0.2) is 41.6 Å². The molecule has 1 aliphatic rings. The molecule has 0 spiro atoms. The third-order valence-electron chi connectivity index (χ3n) is 7.52. The Morgan fingerprint density at radius 3 is 2.12 bits per heavy atom. The summed E-state index contributed by atoms with van der Waals surface area (Å²) < 4.78 is 5.98. The van der Waals surface area contributed by atoms with E-state index in [1.807, 2.05) is 60.7 Å². The number of aliphatic hydroxyl groups excluding tert-OH is 1. The minimum absolute atomic E-state index is 0.0200. The molecular formula is C33H42N2O5. The minimum atomic E-state index is -0.699. The lowest BCUT2D eigenvalue weighted by molar-refractivity contribution is -0.154. The molecule has 3 N–H and O–H groups in total. The van der Waals surface area contributed by atoms with Crippen molar-refractivity contribution in [3.8, 4) is 0 Å². The number of benzene rings is 2. The molecule has 0 aromatic heterocycles. The largest absolute Gasteiger partial charge is 0.455 e. The van der Waals surface area contributed by atoms with Crippen molar-refractivity contribution in [2.24, 2.45) is 11.8 Å². The van der Waals surface area contributed by atoms with Crippen LogP contribution in [0.5, 0.6) is 0 Å². The zero-order chi connectivity index (χ0) is 28.8. The number of amides is 2. The van der Waals surface area contributed by atoms with Crippen LogP contribution in [0, 0.1) is 11.8 Å². The van der Waals surface area contributed by atoms with Gasteiger partial charge in [0.2, 0.25) is 11.8 Å². The van der Waals surface area contributed by atoms with Crippen LogP contribution in [-0.2, 0) is 25.5 Å². The summed E-state index contributed by atoms with van der Waals surface area (Å²) in [4.78, 5) is 39.3. The molecule has 2 aromatic rings. The Hall–Kier alpha value is -3.71. The Labute approximate surface area is 237 Å². The van der Waals surface area contributed by atoms with Crippen LogP contribution in [0.3, 0.4) is 0 Å². The van der Waals surface area contributed by atoms with E-state index in [0.717, 1.165) is 36.8 Å². The number of hydrogen-bond donors (Lipinski definition) is 3. The number of carbonyl (C=O) groups excluding carboxylic acids is 3. The van der Waals surface area contributed by atoms with Crippen LogP contribution in [0.15, 0.2) is 86.0 Å². The summed E-state index contributed by atoms with van der Waals surface area (Å²) in [5.74, 6) is -1.98. The fourth-order valence-corrected chi connectivity index (χ4v) is 5.26. The molecule has 214 valence electrons. The molecule has 0 radical (unpaired) electrons. The topological polar surface area (TPSA) is 105 Å². The van der Waals surface area contributed by atoms with E-state index in [-0.39, 0.29) is 37.4 Å². The Morgan fingerprint density at radius 1 is 0.925 bits per heavy atom.